The van der Waals surface area contributed by atoms with Gasteiger partial charge in [0.1, 0.15) is 0 Å². The summed E-state index contributed by atoms with van der Waals surface area (Å²) < 4.78 is 0. The van der Waals surface area contributed by atoms with Crippen molar-refractivity contribution in [3.63, 3.8) is 0 Å². The molecular formula is C22H27N5O2S. The van der Waals surface area contributed by atoms with Crippen LogP contribution in [0.5, 0.6) is 0 Å². The van der Waals surface area contributed by atoms with Crippen molar-refractivity contribution in [2.24, 2.45) is 11.7 Å². The van der Waals surface area contributed by atoms with E-state index in [0.717, 1.165) is 29.4 Å². The van der Waals surface area contributed by atoms with E-state index in [9.17, 15) is 14.9 Å². The summed E-state index contributed by atoms with van der Waals surface area (Å²) >= 11 is 1.47. The van der Waals surface area contributed by atoms with Crippen molar-refractivity contribution in [3.05, 3.63) is 40.9 Å². The number of thioether (sulfide) groups is 1. The van der Waals surface area contributed by atoms with Gasteiger partial charge in [-0.1, -0.05) is 25.1 Å². The fraction of sp³-hybridized carbons (Fsp3) is 0.409. The summed E-state index contributed by atoms with van der Waals surface area (Å²) in [5, 5.41) is 13.3. The van der Waals surface area contributed by atoms with Gasteiger partial charge in [-0.25, -0.2) is 0 Å². The third-order valence-corrected chi connectivity index (χ3v) is 6.62. The SMILES string of the molecule is CCCCN1C(=O)C(=CC(C)Nc2ccc3[nH]cc(C(N)=O)c3c2)SC1C(C)C#N. The first-order valence-corrected chi connectivity index (χ1v) is 11.0. The second kappa shape index (κ2) is 9.26. The number of aromatic amines is 1. The number of fused-ring (bicyclic) bond motifs is 1. The molecule has 2 heterocycles. The predicted octanol–water partition coefficient (Wildman–Crippen LogP) is 3.81. The molecule has 3 unspecified atom stereocenters. The lowest BCUT2D eigenvalue weighted by atomic mass is 10.1. The van der Waals surface area contributed by atoms with E-state index in [1.807, 2.05) is 43.0 Å². The van der Waals surface area contributed by atoms with Gasteiger partial charge in [0.2, 0.25) is 0 Å². The van der Waals surface area contributed by atoms with Crippen molar-refractivity contribution in [2.75, 3.05) is 11.9 Å². The van der Waals surface area contributed by atoms with Crippen molar-refractivity contribution in [1.29, 1.82) is 5.26 Å². The Labute approximate surface area is 180 Å². The summed E-state index contributed by atoms with van der Waals surface area (Å²) in [5.74, 6) is -0.731. The Morgan fingerprint density at radius 2 is 2.23 bits per heavy atom. The van der Waals surface area contributed by atoms with Crippen LogP contribution in [-0.4, -0.2) is 39.7 Å². The maximum atomic E-state index is 12.9. The number of aromatic nitrogens is 1. The number of benzene rings is 1. The number of nitriles is 1. The van der Waals surface area contributed by atoms with Crippen molar-refractivity contribution in [3.8, 4) is 6.07 Å². The minimum absolute atomic E-state index is 0.00805. The molecule has 1 aliphatic heterocycles. The van der Waals surface area contributed by atoms with Crippen LogP contribution in [0.15, 0.2) is 35.4 Å². The summed E-state index contributed by atoms with van der Waals surface area (Å²) in [5.41, 5.74) is 7.55. The van der Waals surface area contributed by atoms with Crippen LogP contribution in [0.4, 0.5) is 5.69 Å². The molecule has 2 aromatic rings. The van der Waals surface area contributed by atoms with E-state index in [0.29, 0.717) is 17.0 Å². The molecule has 3 rings (SSSR count). The number of amides is 2. The first kappa shape index (κ1) is 21.8. The van der Waals surface area contributed by atoms with E-state index in [1.165, 1.54) is 11.8 Å². The fourth-order valence-electron chi connectivity index (χ4n) is 3.55. The van der Waals surface area contributed by atoms with Crippen molar-refractivity contribution < 1.29 is 9.59 Å². The minimum Gasteiger partial charge on any atom is -0.379 e. The van der Waals surface area contributed by atoms with Crippen molar-refractivity contribution in [1.82, 2.24) is 9.88 Å². The van der Waals surface area contributed by atoms with Gasteiger partial charge in [-0.2, -0.15) is 5.26 Å². The van der Waals surface area contributed by atoms with Crippen LogP contribution in [0.2, 0.25) is 0 Å². The molecule has 1 fully saturated rings. The lowest BCUT2D eigenvalue weighted by Gasteiger charge is -2.24. The average molecular weight is 426 g/mol. The second-order valence-corrected chi connectivity index (χ2v) is 8.73. The third-order valence-electron chi connectivity index (χ3n) is 5.15. The Morgan fingerprint density at radius 1 is 1.47 bits per heavy atom. The van der Waals surface area contributed by atoms with Crippen LogP contribution < -0.4 is 11.1 Å². The Bertz CT molecular complexity index is 1020. The molecule has 1 aromatic heterocycles. The maximum absolute atomic E-state index is 12.9. The Kier molecular flexibility index (Phi) is 6.73. The van der Waals surface area contributed by atoms with Crippen LogP contribution in [0.25, 0.3) is 10.9 Å². The van der Waals surface area contributed by atoms with Gasteiger partial charge in [0.05, 0.1) is 27.8 Å². The smallest absolute Gasteiger partial charge is 0.261 e. The van der Waals surface area contributed by atoms with Gasteiger partial charge in [0.15, 0.2) is 0 Å². The largest absolute Gasteiger partial charge is 0.379 e. The average Bonchev–Trinajstić information content (AvgIpc) is 3.27. The van der Waals surface area contributed by atoms with Crippen molar-refractivity contribution >= 4 is 40.2 Å². The highest BCUT2D eigenvalue weighted by Gasteiger charge is 2.39. The monoisotopic (exact) mass is 425 g/mol. The highest BCUT2D eigenvalue weighted by molar-refractivity contribution is 8.05. The molecule has 0 aliphatic carbocycles. The van der Waals surface area contributed by atoms with Gasteiger partial charge in [0, 0.05) is 35.4 Å². The van der Waals surface area contributed by atoms with E-state index < -0.39 is 5.91 Å². The number of nitrogens with one attached hydrogen (secondary N) is 2. The van der Waals surface area contributed by atoms with E-state index in [1.54, 1.807) is 6.20 Å². The molecule has 1 aliphatic rings. The van der Waals surface area contributed by atoms with Crippen LogP contribution in [0.3, 0.4) is 0 Å². The molecule has 8 heteroatoms. The first-order chi connectivity index (χ1) is 14.3. The number of rotatable bonds is 8. The molecule has 30 heavy (non-hydrogen) atoms. The number of nitrogens with two attached hydrogens (primary N) is 1. The number of anilines is 1. The van der Waals surface area contributed by atoms with E-state index in [4.69, 9.17) is 5.73 Å². The molecular weight excluding hydrogens is 398 g/mol. The van der Waals surface area contributed by atoms with E-state index in [-0.39, 0.29) is 23.2 Å². The van der Waals surface area contributed by atoms with E-state index in [2.05, 4.69) is 23.3 Å². The predicted molar refractivity (Wildman–Crippen MR) is 121 cm³/mol. The number of unbranched alkanes of at least 4 members (excludes halogenated alkanes) is 1. The lowest BCUT2D eigenvalue weighted by Crippen LogP contribution is -2.36. The first-order valence-electron chi connectivity index (χ1n) is 10.1. The number of hydrogen-bond acceptors (Lipinski definition) is 5. The molecule has 1 saturated heterocycles. The number of carbonyl (C=O) groups excluding carboxylic acids is 2. The number of nitrogens with zero attached hydrogens (tertiary/aromatic N) is 2. The summed E-state index contributed by atoms with van der Waals surface area (Å²) in [6.07, 6.45) is 5.43. The Hall–Kier alpha value is -2.92. The summed E-state index contributed by atoms with van der Waals surface area (Å²) in [7, 11) is 0. The Morgan fingerprint density at radius 3 is 2.90 bits per heavy atom. The van der Waals surface area contributed by atoms with E-state index >= 15 is 0 Å². The zero-order valence-electron chi connectivity index (χ0n) is 17.4. The molecule has 0 radical (unpaired) electrons. The maximum Gasteiger partial charge on any atom is 0.261 e. The topological polar surface area (TPSA) is 115 Å². The minimum atomic E-state index is -0.480. The summed E-state index contributed by atoms with van der Waals surface area (Å²) in [4.78, 5) is 30.1. The molecule has 4 N–H and O–H groups in total. The van der Waals surface area contributed by atoms with Crippen LogP contribution in [0.1, 0.15) is 44.0 Å². The van der Waals surface area contributed by atoms with Crippen LogP contribution >= 0.6 is 11.8 Å². The lowest BCUT2D eigenvalue weighted by molar-refractivity contribution is -0.126. The molecule has 0 bridgehead atoms. The van der Waals surface area contributed by atoms with Gasteiger partial charge in [-0.05, 0) is 44.5 Å². The van der Waals surface area contributed by atoms with Gasteiger partial charge in [-0.3, -0.25) is 9.59 Å². The van der Waals surface area contributed by atoms with Crippen LogP contribution in [0, 0.1) is 17.2 Å². The van der Waals surface area contributed by atoms with Crippen LogP contribution in [-0.2, 0) is 4.79 Å². The molecule has 3 atom stereocenters. The summed E-state index contributed by atoms with van der Waals surface area (Å²) in [6, 6.07) is 7.83. The van der Waals surface area contributed by atoms with Gasteiger partial charge < -0.3 is 20.9 Å². The van der Waals surface area contributed by atoms with Gasteiger partial charge in [0.25, 0.3) is 11.8 Å². The number of carbonyl (C=O) groups is 2. The zero-order valence-corrected chi connectivity index (χ0v) is 18.3. The molecule has 7 nitrogen and oxygen atoms in total. The third kappa shape index (κ3) is 4.46. The van der Waals surface area contributed by atoms with Gasteiger partial charge >= 0.3 is 0 Å². The standard InChI is InChI=1S/C22H27N5O2S/c1-4-5-8-27-21(29)19(30-22(27)13(2)11-23)9-14(3)26-15-6-7-18-16(10-15)17(12-25-18)20(24)28/h6-7,9-10,12-14,22,25-26H,4-5,8H2,1-3H3,(H2,24,28). The highest BCUT2D eigenvalue weighted by atomic mass is 32.2. The molecule has 1 aromatic carbocycles. The summed E-state index contributed by atoms with van der Waals surface area (Å²) in [6.45, 7) is 6.58. The fourth-order valence-corrected chi connectivity index (χ4v) is 4.90. The highest BCUT2D eigenvalue weighted by Crippen LogP contribution is 2.39. The number of primary amides is 1. The quantitative estimate of drug-likeness (QED) is 0.556. The second-order valence-electron chi connectivity index (χ2n) is 7.57. The molecule has 2 amide bonds. The molecule has 0 saturated carbocycles. The molecule has 158 valence electrons. The Balaban J connectivity index is 1.78. The molecule has 0 spiro atoms. The number of hydrogen-bond donors (Lipinski definition) is 3. The van der Waals surface area contributed by atoms with Crippen molar-refractivity contribution in [2.45, 2.75) is 45.0 Å². The van der Waals surface area contributed by atoms with Gasteiger partial charge in [-0.15, -0.1) is 0 Å². The zero-order chi connectivity index (χ0) is 21.8. The normalized spacial score (nSPS) is 19.8. The number of H-pyrrole nitrogens is 1.